The third kappa shape index (κ3) is 4.85. The van der Waals surface area contributed by atoms with Gasteiger partial charge in [-0.05, 0) is 56.1 Å². The molecule has 3 N–H and O–H groups in total. The molecule has 3 aromatic heterocycles. The van der Waals surface area contributed by atoms with E-state index in [1.807, 2.05) is 26.2 Å². The smallest absolute Gasteiger partial charge is 0.259 e. The molecular weight excluding hydrogens is 467 g/mol. The summed E-state index contributed by atoms with van der Waals surface area (Å²) < 4.78 is 22.7. The zero-order valence-corrected chi connectivity index (χ0v) is 20.4. The Bertz CT molecular complexity index is 1380. The van der Waals surface area contributed by atoms with Crippen LogP contribution in [-0.4, -0.2) is 44.5 Å². The van der Waals surface area contributed by atoms with Crippen molar-refractivity contribution in [3.8, 4) is 5.75 Å². The average molecular weight is 495 g/mol. The summed E-state index contributed by atoms with van der Waals surface area (Å²) in [5.41, 5.74) is 8.08. The summed E-state index contributed by atoms with van der Waals surface area (Å²) in [6.07, 6.45) is 5.30. The molecule has 8 nitrogen and oxygen atoms in total. The normalized spacial score (nSPS) is 16.5. The molecule has 5 rings (SSSR count). The van der Waals surface area contributed by atoms with E-state index in [-0.39, 0.29) is 11.9 Å². The summed E-state index contributed by atoms with van der Waals surface area (Å²) in [4.78, 5) is 23.9. The molecule has 0 aliphatic carbocycles. The molecule has 1 aromatic carbocycles. The van der Waals surface area contributed by atoms with Gasteiger partial charge in [-0.3, -0.25) is 9.69 Å². The molecule has 35 heavy (non-hydrogen) atoms. The Morgan fingerprint density at radius 3 is 2.97 bits per heavy atom. The second kappa shape index (κ2) is 9.63. The Kier molecular flexibility index (Phi) is 6.40. The molecule has 1 atom stereocenters. The first-order chi connectivity index (χ1) is 16.9. The molecule has 1 amide bonds. The molecule has 1 aliphatic rings. The maximum absolute atomic E-state index is 14.2. The molecule has 0 spiro atoms. The van der Waals surface area contributed by atoms with Crippen LogP contribution >= 0.6 is 11.3 Å². The monoisotopic (exact) mass is 494 g/mol. The second-order valence-electron chi connectivity index (χ2n) is 8.82. The van der Waals surface area contributed by atoms with E-state index in [1.54, 1.807) is 6.07 Å². The Hall–Kier alpha value is -3.50. The Balaban J connectivity index is 1.38. The predicted octanol–water partition coefficient (Wildman–Crippen LogP) is 4.36. The number of nitrogens with two attached hydrogens (primary N) is 1. The maximum atomic E-state index is 14.2. The average Bonchev–Trinajstić information content (AvgIpc) is 3.39. The fourth-order valence-electron chi connectivity index (χ4n) is 4.55. The first kappa shape index (κ1) is 23.3. The fourth-order valence-corrected chi connectivity index (χ4v) is 5.55. The summed E-state index contributed by atoms with van der Waals surface area (Å²) in [5.74, 6) is 0.0595. The van der Waals surface area contributed by atoms with Crippen LogP contribution in [0.4, 0.5) is 15.9 Å². The summed E-state index contributed by atoms with van der Waals surface area (Å²) in [6, 6.07) is 8.58. The number of benzene rings is 1. The van der Waals surface area contributed by atoms with Gasteiger partial charge in [0.15, 0.2) is 0 Å². The molecule has 1 fully saturated rings. The topological polar surface area (TPSA) is 98.3 Å². The van der Waals surface area contributed by atoms with Crippen molar-refractivity contribution < 1.29 is 13.9 Å². The minimum absolute atomic E-state index is 0.0684. The van der Waals surface area contributed by atoms with Crippen LogP contribution < -0.4 is 15.8 Å². The van der Waals surface area contributed by atoms with Gasteiger partial charge in [0.2, 0.25) is 0 Å². The number of aryl methyl sites for hydroxylation is 2. The first-order valence-electron chi connectivity index (χ1n) is 11.5. The van der Waals surface area contributed by atoms with Gasteiger partial charge >= 0.3 is 0 Å². The van der Waals surface area contributed by atoms with Gasteiger partial charge in [-0.2, -0.15) is 0 Å². The lowest BCUT2D eigenvalue weighted by Crippen LogP contribution is -2.41. The van der Waals surface area contributed by atoms with Crippen LogP contribution in [0, 0.1) is 12.7 Å². The van der Waals surface area contributed by atoms with E-state index in [2.05, 4.69) is 30.8 Å². The summed E-state index contributed by atoms with van der Waals surface area (Å²) in [7, 11) is 2.05. The number of anilines is 2. The van der Waals surface area contributed by atoms with Crippen LogP contribution in [0.5, 0.6) is 5.75 Å². The quantitative estimate of drug-likeness (QED) is 0.396. The number of rotatable bonds is 7. The zero-order valence-electron chi connectivity index (χ0n) is 19.6. The van der Waals surface area contributed by atoms with Gasteiger partial charge in [-0.25, -0.2) is 14.4 Å². The number of hydrogen-bond acceptors (Lipinski definition) is 7. The van der Waals surface area contributed by atoms with Crippen LogP contribution in [0.15, 0.2) is 42.9 Å². The van der Waals surface area contributed by atoms with E-state index in [9.17, 15) is 9.18 Å². The van der Waals surface area contributed by atoms with E-state index in [1.165, 1.54) is 35.5 Å². The van der Waals surface area contributed by atoms with Gasteiger partial charge in [0, 0.05) is 38.1 Å². The molecule has 0 unspecified atom stereocenters. The number of carbonyl (C=O) groups is 1. The number of primary amides is 1. The number of amides is 1. The minimum atomic E-state index is -0.501. The van der Waals surface area contributed by atoms with Crippen molar-refractivity contribution >= 4 is 39.0 Å². The summed E-state index contributed by atoms with van der Waals surface area (Å²) >= 11 is 1.23. The molecule has 0 saturated carbocycles. The largest absolute Gasteiger partial charge is 0.487 e. The van der Waals surface area contributed by atoms with Crippen molar-refractivity contribution in [3.63, 3.8) is 0 Å². The van der Waals surface area contributed by atoms with Crippen molar-refractivity contribution in [1.29, 1.82) is 0 Å². The molecule has 1 aliphatic heterocycles. The maximum Gasteiger partial charge on any atom is 0.259 e. The highest BCUT2D eigenvalue weighted by atomic mass is 32.1. The van der Waals surface area contributed by atoms with E-state index in [0.29, 0.717) is 37.9 Å². The van der Waals surface area contributed by atoms with Crippen LogP contribution in [-0.2, 0) is 13.6 Å². The Morgan fingerprint density at radius 2 is 2.20 bits per heavy atom. The van der Waals surface area contributed by atoms with E-state index < -0.39 is 5.91 Å². The lowest BCUT2D eigenvalue weighted by molar-refractivity contribution is 0.0833. The lowest BCUT2D eigenvalue weighted by atomic mass is 10.1. The standard InChI is InChI=1S/C25H27FN6O2S/c1-15-21-24(28-14-29-25(21)35-22(15)23(27)33)30-19-8-7-16(26)11-20(19)34-18-6-4-10-32(13-18)12-17-5-3-9-31(17)2/h3,5,7-9,11,14,18H,4,6,10,12-13H2,1-2H3,(H2,27,33)(H,28,29,30)/t18-/m1/s1. The summed E-state index contributed by atoms with van der Waals surface area (Å²) in [5, 5.41) is 3.99. The lowest BCUT2D eigenvalue weighted by Gasteiger charge is -2.33. The van der Waals surface area contributed by atoms with Gasteiger partial charge < -0.3 is 20.4 Å². The third-order valence-corrected chi connectivity index (χ3v) is 7.55. The first-order valence-corrected chi connectivity index (χ1v) is 12.3. The third-order valence-electron chi connectivity index (χ3n) is 6.34. The van der Waals surface area contributed by atoms with Crippen LogP contribution in [0.1, 0.15) is 33.8 Å². The van der Waals surface area contributed by atoms with Gasteiger partial charge in [0.25, 0.3) is 5.91 Å². The Morgan fingerprint density at radius 1 is 1.34 bits per heavy atom. The number of hydrogen-bond donors (Lipinski definition) is 2. The number of carbonyl (C=O) groups excluding carboxylic acids is 1. The van der Waals surface area contributed by atoms with E-state index in [4.69, 9.17) is 10.5 Å². The molecule has 10 heteroatoms. The molecular formula is C25H27FN6O2S. The van der Waals surface area contributed by atoms with Crippen LogP contribution in [0.3, 0.4) is 0 Å². The van der Waals surface area contributed by atoms with Crippen molar-refractivity contribution in [1.82, 2.24) is 19.4 Å². The number of nitrogens with zero attached hydrogens (tertiary/aromatic N) is 4. The number of ether oxygens (including phenoxy) is 1. The van der Waals surface area contributed by atoms with Crippen LogP contribution in [0.2, 0.25) is 0 Å². The number of piperidine rings is 1. The second-order valence-corrected chi connectivity index (χ2v) is 9.82. The molecule has 4 aromatic rings. The van der Waals surface area contributed by atoms with Crippen molar-refractivity contribution in [2.24, 2.45) is 12.8 Å². The van der Waals surface area contributed by atoms with Crippen molar-refractivity contribution in [2.45, 2.75) is 32.4 Å². The number of thiophene rings is 1. The molecule has 0 bridgehead atoms. The fraction of sp³-hybridized carbons (Fsp3) is 0.320. The van der Waals surface area contributed by atoms with Gasteiger partial charge in [-0.15, -0.1) is 11.3 Å². The highest BCUT2D eigenvalue weighted by Gasteiger charge is 2.24. The highest BCUT2D eigenvalue weighted by Crippen LogP contribution is 2.37. The zero-order chi connectivity index (χ0) is 24.5. The number of aromatic nitrogens is 3. The Labute approximate surface area is 206 Å². The van der Waals surface area contributed by atoms with Gasteiger partial charge in [0.05, 0.1) is 16.0 Å². The van der Waals surface area contributed by atoms with Crippen LogP contribution in [0.25, 0.3) is 10.2 Å². The number of fused-ring (bicyclic) bond motifs is 1. The molecule has 4 heterocycles. The SMILES string of the molecule is Cc1c(C(N)=O)sc2ncnc(Nc3ccc(F)cc3O[C@@H]3CCCN(Cc4cccn4C)C3)c12. The van der Waals surface area contributed by atoms with E-state index in [0.717, 1.165) is 32.5 Å². The summed E-state index contributed by atoms with van der Waals surface area (Å²) in [6.45, 7) is 4.41. The van der Waals surface area contributed by atoms with Gasteiger partial charge in [-0.1, -0.05) is 0 Å². The molecule has 1 saturated heterocycles. The highest BCUT2D eigenvalue weighted by molar-refractivity contribution is 7.20. The van der Waals surface area contributed by atoms with E-state index >= 15 is 0 Å². The van der Waals surface area contributed by atoms with Crippen molar-refractivity contribution in [2.75, 3.05) is 18.4 Å². The minimum Gasteiger partial charge on any atom is -0.487 e. The van der Waals surface area contributed by atoms with Crippen molar-refractivity contribution in [3.05, 3.63) is 64.8 Å². The number of likely N-dealkylation sites (tertiary alicyclic amines) is 1. The molecule has 0 radical (unpaired) electrons. The van der Waals surface area contributed by atoms with Gasteiger partial charge in [0.1, 0.15) is 34.6 Å². The molecule has 182 valence electrons. The predicted molar refractivity (Wildman–Crippen MR) is 135 cm³/mol. The number of nitrogens with one attached hydrogen (secondary N) is 1. The number of halogens is 1.